The van der Waals surface area contributed by atoms with Gasteiger partial charge in [-0.05, 0) is 23.3 Å². The second kappa shape index (κ2) is 6.89. The highest BCUT2D eigenvalue weighted by atomic mass is 16.5. The van der Waals surface area contributed by atoms with E-state index in [4.69, 9.17) is 10.00 Å². The third kappa shape index (κ3) is 3.55. The van der Waals surface area contributed by atoms with E-state index in [9.17, 15) is 4.79 Å². The highest BCUT2D eigenvalue weighted by Crippen LogP contribution is 2.20. The van der Waals surface area contributed by atoms with Crippen LogP contribution >= 0.6 is 0 Å². The number of isocyanates is 1. The van der Waals surface area contributed by atoms with Gasteiger partial charge in [0.05, 0.1) is 6.07 Å². The van der Waals surface area contributed by atoms with Gasteiger partial charge in [0, 0.05) is 0 Å². The lowest BCUT2D eigenvalue weighted by atomic mass is 10.1. The zero-order valence-corrected chi connectivity index (χ0v) is 10.7. The van der Waals surface area contributed by atoms with Crippen molar-refractivity contribution in [2.75, 3.05) is 0 Å². The molecular formula is C16H12N2O2. The fourth-order valence-corrected chi connectivity index (χ4v) is 1.72. The molecule has 1 unspecified atom stereocenters. The number of ether oxygens (including phenoxy) is 1. The molecule has 2 rings (SSSR count). The molecule has 0 aliphatic carbocycles. The molecule has 0 amide bonds. The third-order valence-electron chi connectivity index (χ3n) is 2.75. The molecule has 0 fully saturated rings. The average Bonchev–Trinajstić information content (AvgIpc) is 2.52. The van der Waals surface area contributed by atoms with Crippen molar-refractivity contribution in [2.45, 2.75) is 12.6 Å². The lowest BCUT2D eigenvalue weighted by molar-refractivity contribution is 0.306. The van der Waals surface area contributed by atoms with Gasteiger partial charge in [0.1, 0.15) is 12.4 Å². The Hall–Kier alpha value is -2.89. The molecule has 0 aliphatic rings. The summed E-state index contributed by atoms with van der Waals surface area (Å²) in [5.74, 6) is 0.698. The van der Waals surface area contributed by atoms with Crippen LogP contribution < -0.4 is 4.74 Å². The summed E-state index contributed by atoms with van der Waals surface area (Å²) in [6.45, 7) is 0.481. The Morgan fingerprint density at radius 3 is 2.40 bits per heavy atom. The molecule has 98 valence electrons. The van der Waals surface area contributed by atoms with Gasteiger partial charge in [0.2, 0.25) is 6.08 Å². The molecule has 20 heavy (non-hydrogen) atoms. The maximum atomic E-state index is 10.2. The summed E-state index contributed by atoms with van der Waals surface area (Å²) in [5.41, 5.74) is 1.72. The van der Waals surface area contributed by atoms with E-state index in [1.54, 1.807) is 24.3 Å². The van der Waals surface area contributed by atoms with E-state index >= 15 is 0 Å². The van der Waals surface area contributed by atoms with Gasteiger partial charge in [0.25, 0.3) is 0 Å². The molecule has 0 heterocycles. The maximum Gasteiger partial charge on any atom is 0.236 e. The molecule has 2 aromatic carbocycles. The normalized spacial score (nSPS) is 10.9. The second-order valence-electron chi connectivity index (χ2n) is 4.10. The van der Waals surface area contributed by atoms with E-state index in [1.807, 2.05) is 36.4 Å². The van der Waals surface area contributed by atoms with Gasteiger partial charge in [0.15, 0.2) is 6.04 Å². The Kier molecular flexibility index (Phi) is 4.66. The first-order valence-electron chi connectivity index (χ1n) is 6.07. The SMILES string of the molecule is N#CC(N=C=O)c1ccc(OCc2ccccc2)cc1. The summed E-state index contributed by atoms with van der Waals surface area (Å²) in [4.78, 5) is 13.6. The summed E-state index contributed by atoms with van der Waals surface area (Å²) in [5, 5.41) is 8.88. The molecule has 0 saturated carbocycles. The number of hydrogen-bond donors (Lipinski definition) is 0. The number of aliphatic imine (C=N–C) groups is 1. The minimum absolute atomic E-state index is 0.481. The quantitative estimate of drug-likeness (QED) is 0.615. The number of hydrogen-bond acceptors (Lipinski definition) is 4. The van der Waals surface area contributed by atoms with Crippen LogP contribution in [0.3, 0.4) is 0 Å². The Morgan fingerprint density at radius 1 is 1.10 bits per heavy atom. The Bertz CT molecular complexity index is 638. The van der Waals surface area contributed by atoms with Crippen LogP contribution in [-0.2, 0) is 11.4 Å². The molecule has 1 atom stereocenters. The molecule has 0 N–H and O–H groups in total. The van der Waals surface area contributed by atoms with Crippen molar-refractivity contribution in [1.82, 2.24) is 0 Å². The molecule has 2 aromatic rings. The van der Waals surface area contributed by atoms with Crippen LogP contribution in [-0.4, -0.2) is 6.08 Å². The van der Waals surface area contributed by atoms with Crippen LogP contribution in [0.25, 0.3) is 0 Å². The number of nitriles is 1. The highest BCUT2D eigenvalue weighted by Gasteiger charge is 2.08. The lowest BCUT2D eigenvalue weighted by Gasteiger charge is -2.07. The summed E-state index contributed by atoms with van der Waals surface area (Å²) >= 11 is 0. The Morgan fingerprint density at radius 2 is 1.80 bits per heavy atom. The minimum atomic E-state index is -0.810. The van der Waals surface area contributed by atoms with E-state index in [2.05, 4.69) is 4.99 Å². The zero-order chi connectivity index (χ0) is 14.2. The van der Waals surface area contributed by atoms with Gasteiger partial charge in [-0.2, -0.15) is 10.3 Å². The zero-order valence-electron chi connectivity index (χ0n) is 10.7. The van der Waals surface area contributed by atoms with Gasteiger partial charge >= 0.3 is 0 Å². The van der Waals surface area contributed by atoms with E-state index in [-0.39, 0.29) is 0 Å². The second-order valence-corrected chi connectivity index (χ2v) is 4.10. The predicted octanol–water partition coefficient (Wildman–Crippen LogP) is 3.17. The molecule has 0 radical (unpaired) electrons. The average molecular weight is 264 g/mol. The maximum absolute atomic E-state index is 10.2. The van der Waals surface area contributed by atoms with Crippen molar-refractivity contribution in [3.05, 3.63) is 65.7 Å². The lowest BCUT2D eigenvalue weighted by Crippen LogP contribution is -1.96. The van der Waals surface area contributed by atoms with E-state index in [0.717, 1.165) is 5.56 Å². The topological polar surface area (TPSA) is 62.5 Å². The summed E-state index contributed by atoms with van der Waals surface area (Å²) in [6.07, 6.45) is 1.40. The van der Waals surface area contributed by atoms with Gasteiger partial charge < -0.3 is 4.74 Å². The van der Waals surface area contributed by atoms with Crippen LogP contribution in [0.4, 0.5) is 0 Å². The van der Waals surface area contributed by atoms with Crippen LogP contribution in [0.5, 0.6) is 5.75 Å². The summed E-state index contributed by atoms with van der Waals surface area (Å²) < 4.78 is 5.63. The standard InChI is InChI=1S/C16H12N2O2/c17-10-16(18-12-19)14-6-8-15(9-7-14)20-11-13-4-2-1-3-5-13/h1-9,16H,11H2. The van der Waals surface area contributed by atoms with E-state index in [1.165, 1.54) is 6.08 Å². The summed E-state index contributed by atoms with van der Waals surface area (Å²) in [6, 6.07) is 17.9. The fourth-order valence-electron chi connectivity index (χ4n) is 1.72. The molecule has 0 saturated heterocycles. The van der Waals surface area contributed by atoms with Gasteiger partial charge in [-0.25, -0.2) is 4.79 Å². The van der Waals surface area contributed by atoms with Crippen molar-refractivity contribution in [2.24, 2.45) is 4.99 Å². The van der Waals surface area contributed by atoms with Crippen molar-refractivity contribution in [1.29, 1.82) is 5.26 Å². The monoisotopic (exact) mass is 264 g/mol. The van der Waals surface area contributed by atoms with Crippen LogP contribution in [0, 0.1) is 11.3 Å². The predicted molar refractivity (Wildman–Crippen MR) is 73.7 cm³/mol. The van der Waals surface area contributed by atoms with Crippen molar-refractivity contribution >= 4 is 6.08 Å². The molecule has 4 heteroatoms. The van der Waals surface area contributed by atoms with Crippen molar-refractivity contribution in [3.8, 4) is 11.8 Å². The van der Waals surface area contributed by atoms with Crippen LogP contribution in [0.2, 0.25) is 0 Å². The Balaban J connectivity index is 2.02. The third-order valence-corrected chi connectivity index (χ3v) is 2.75. The smallest absolute Gasteiger partial charge is 0.236 e. The first-order chi connectivity index (χ1) is 9.83. The van der Waals surface area contributed by atoms with Crippen molar-refractivity contribution < 1.29 is 9.53 Å². The number of nitrogens with zero attached hydrogens (tertiary/aromatic N) is 2. The fraction of sp³-hybridized carbons (Fsp3) is 0.125. The molecule has 0 spiro atoms. The van der Waals surface area contributed by atoms with E-state index < -0.39 is 6.04 Å². The first kappa shape index (κ1) is 13.5. The minimum Gasteiger partial charge on any atom is -0.489 e. The summed E-state index contributed by atoms with van der Waals surface area (Å²) in [7, 11) is 0. The Labute approximate surface area is 117 Å². The number of carbonyl (C=O) groups excluding carboxylic acids is 1. The first-order valence-corrected chi connectivity index (χ1v) is 6.07. The van der Waals surface area contributed by atoms with Gasteiger partial charge in [-0.3, -0.25) is 0 Å². The van der Waals surface area contributed by atoms with Crippen LogP contribution in [0.15, 0.2) is 59.6 Å². The number of benzene rings is 2. The molecular weight excluding hydrogens is 252 g/mol. The molecule has 0 aromatic heterocycles. The molecule has 0 aliphatic heterocycles. The van der Waals surface area contributed by atoms with Crippen molar-refractivity contribution in [3.63, 3.8) is 0 Å². The largest absolute Gasteiger partial charge is 0.489 e. The molecule has 4 nitrogen and oxygen atoms in total. The molecule has 0 bridgehead atoms. The number of rotatable bonds is 5. The van der Waals surface area contributed by atoms with Crippen LogP contribution in [0.1, 0.15) is 17.2 Å². The van der Waals surface area contributed by atoms with Gasteiger partial charge in [-0.15, -0.1) is 0 Å². The van der Waals surface area contributed by atoms with Gasteiger partial charge in [-0.1, -0.05) is 42.5 Å². The van der Waals surface area contributed by atoms with E-state index in [0.29, 0.717) is 17.9 Å². The highest BCUT2D eigenvalue weighted by molar-refractivity contribution is 5.39.